The van der Waals surface area contributed by atoms with Gasteiger partial charge in [-0.3, -0.25) is 14.3 Å². The topological polar surface area (TPSA) is 97.1 Å². The maximum absolute atomic E-state index is 13.0. The number of carbonyl (C=O) groups is 2. The number of hydrogen-bond acceptors (Lipinski definition) is 5. The normalized spacial score (nSPS) is 19.7. The quantitative estimate of drug-likeness (QED) is 0.367. The number of nitrogens with one attached hydrogen (secondary N) is 1. The third-order valence-electron chi connectivity index (χ3n) is 7.49. The number of benzene rings is 1. The Labute approximate surface area is 219 Å². The first kappa shape index (κ1) is 25.0. The van der Waals surface area contributed by atoms with Crippen molar-refractivity contribution in [3.05, 3.63) is 45.7 Å². The first-order chi connectivity index (χ1) is 17.2. The standard InChI is InChI=1S/C27H31ClN4O3S/c1-14(2)32-22(9-10-29-32)19-7-8-20(23(28)15(19)3)24-21(11-16-5-4-6-16)31-26(36-24)25(33)30-18-12-17(13-18)27(34)35/h7-10,14,16-18H,4-6,11-13H2,1-3H3,(H,30,33)(H,34,35). The van der Waals surface area contributed by atoms with Gasteiger partial charge in [0.1, 0.15) is 0 Å². The highest BCUT2D eigenvalue weighted by Crippen LogP contribution is 2.42. The van der Waals surface area contributed by atoms with Crippen molar-refractivity contribution in [1.29, 1.82) is 0 Å². The lowest BCUT2D eigenvalue weighted by molar-refractivity contribution is -0.145. The van der Waals surface area contributed by atoms with Crippen LogP contribution in [0, 0.1) is 18.8 Å². The average molecular weight is 527 g/mol. The molecular formula is C27H31ClN4O3S. The van der Waals surface area contributed by atoms with Gasteiger partial charge in [0.15, 0.2) is 5.01 Å². The van der Waals surface area contributed by atoms with Crippen molar-refractivity contribution in [2.45, 2.75) is 71.4 Å². The second kappa shape index (κ2) is 9.98. The van der Waals surface area contributed by atoms with Crippen LogP contribution in [0.25, 0.3) is 21.7 Å². The Balaban J connectivity index is 1.46. The molecule has 2 aromatic heterocycles. The van der Waals surface area contributed by atoms with Crippen LogP contribution in [0.2, 0.25) is 5.02 Å². The summed E-state index contributed by atoms with van der Waals surface area (Å²) in [5.41, 5.74) is 4.85. The molecule has 1 amide bonds. The maximum atomic E-state index is 13.0. The van der Waals surface area contributed by atoms with Crippen molar-refractivity contribution >= 4 is 34.8 Å². The van der Waals surface area contributed by atoms with Crippen molar-refractivity contribution < 1.29 is 14.7 Å². The minimum atomic E-state index is -0.801. The van der Waals surface area contributed by atoms with Gasteiger partial charge in [-0.15, -0.1) is 11.3 Å². The molecule has 190 valence electrons. The first-order valence-electron chi connectivity index (χ1n) is 12.6. The minimum Gasteiger partial charge on any atom is -0.481 e. The molecule has 0 unspecified atom stereocenters. The van der Waals surface area contributed by atoms with E-state index in [1.54, 1.807) is 0 Å². The summed E-state index contributed by atoms with van der Waals surface area (Å²) in [5, 5.41) is 17.6. The number of halogens is 1. The Kier molecular flexibility index (Phi) is 6.92. The molecule has 5 rings (SSSR count). The zero-order chi connectivity index (χ0) is 25.6. The Morgan fingerprint density at radius 1 is 1.22 bits per heavy atom. The van der Waals surface area contributed by atoms with E-state index in [9.17, 15) is 9.59 Å². The summed E-state index contributed by atoms with van der Waals surface area (Å²) in [5.74, 6) is -0.821. The highest BCUT2D eigenvalue weighted by atomic mass is 35.5. The van der Waals surface area contributed by atoms with Crippen LogP contribution in [-0.2, 0) is 11.2 Å². The van der Waals surface area contributed by atoms with Gasteiger partial charge in [0.25, 0.3) is 5.91 Å². The van der Waals surface area contributed by atoms with E-state index < -0.39 is 5.97 Å². The molecule has 0 saturated heterocycles. The summed E-state index contributed by atoms with van der Waals surface area (Å²) in [6.07, 6.45) is 7.18. The number of rotatable bonds is 8. The van der Waals surface area contributed by atoms with Gasteiger partial charge in [0, 0.05) is 29.4 Å². The summed E-state index contributed by atoms with van der Waals surface area (Å²) in [6, 6.07) is 6.23. The highest BCUT2D eigenvalue weighted by Gasteiger charge is 2.36. The lowest BCUT2D eigenvalue weighted by Crippen LogP contribution is -2.46. The van der Waals surface area contributed by atoms with E-state index in [1.807, 2.05) is 29.9 Å². The van der Waals surface area contributed by atoms with Crippen molar-refractivity contribution in [3.8, 4) is 21.7 Å². The summed E-state index contributed by atoms with van der Waals surface area (Å²) in [4.78, 5) is 29.8. The maximum Gasteiger partial charge on any atom is 0.306 e. The molecule has 9 heteroatoms. The van der Waals surface area contributed by atoms with Gasteiger partial charge < -0.3 is 10.4 Å². The lowest BCUT2D eigenvalue weighted by atomic mass is 9.80. The van der Waals surface area contributed by atoms with Crippen LogP contribution in [0.5, 0.6) is 0 Å². The average Bonchev–Trinajstić information content (AvgIpc) is 3.42. The molecule has 0 atom stereocenters. The SMILES string of the molecule is Cc1c(-c2ccnn2C(C)C)ccc(-c2sc(C(=O)NC3CC(C(=O)O)C3)nc2CC2CCC2)c1Cl. The Bertz CT molecular complexity index is 1300. The van der Waals surface area contributed by atoms with Crippen LogP contribution in [0.3, 0.4) is 0 Å². The van der Waals surface area contributed by atoms with E-state index in [0.29, 0.717) is 28.8 Å². The largest absolute Gasteiger partial charge is 0.481 e. The molecule has 2 fully saturated rings. The minimum absolute atomic E-state index is 0.114. The molecule has 0 radical (unpaired) electrons. The highest BCUT2D eigenvalue weighted by molar-refractivity contribution is 7.17. The molecule has 2 N–H and O–H groups in total. The second-order valence-corrected chi connectivity index (χ2v) is 11.7. The van der Waals surface area contributed by atoms with Crippen LogP contribution in [0.1, 0.15) is 73.1 Å². The molecule has 36 heavy (non-hydrogen) atoms. The molecule has 0 spiro atoms. The van der Waals surface area contributed by atoms with Gasteiger partial charge in [0.05, 0.1) is 27.2 Å². The fraction of sp³-hybridized carbons (Fsp3) is 0.481. The number of amides is 1. The molecule has 2 saturated carbocycles. The Morgan fingerprint density at radius 2 is 1.94 bits per heavy atom. The fourth-order valence-corrected chi connectivity index (χ4v) is 6.37. The number of nitrogens with zero attached hydrogens (tertiary/aromatic N) is 3. The lowest BCUT2D eigenvalue weighted by Gasteiger charge is -2.32. The van der Waals surface area contributed by atoms with Crippen LogP contribution in [0.15, 0.2) is 24.4 Å². The molecular weight excluding hydrogens is 496 g/mol. The van der Waals surface area contributed by atoms with Gasteiger partial charge in [-0.1, -0.05) is 43.0 Å². The van der Waals surface area contributed by atoms with Crippen LogP contribution >= 0.6 is 22.9 Å². The van der Waals surface area contributed by atoms with Crippen molar-refractivity contribution in [2.75, 3.05) is 0 Å². The van der Waals surface area contributed by atoms with E-state index in [2.05, 4.69) is 30.3 Å². The smallest absolute Gasteiger partial charge is 0.306 e. The number of aliphatic carboxylic acids is 1. The number of carboxylic acids is 1. The molecule has 0 aliphatic heterocycles. The van der Waals surface area contributed by atoms with Gasteiger partial charge >= 0.3 is 5.97 Å². The third kappa shape index (κ3) is 4.68. The van der Waals surface area contributed by atoms with Gasteiger partial charge in [-0.2, -0.15) is 5.10 Å². The van der Waals surface area contributed by atoms with E-state index in [1.165, 1.54) is 30.6 Å². The predicted molar refractivity (Wildman–Crippen MR) is 142 cm³/mol. The third-order valence-corrected chi connectivity index (χ3v) is 9.10. The summed E-state index contributed by atoms with van der Waals surface area (Å²) >= 11 is 8.36. The number of hydrogen-bond donors (Lipinski definition) is 2. The molecule has 1 aromatic carbocycles. The van der Waals surface area contributed by atoms with Gasteiger partial charge in [-0.25, -0.2) is 4.98 Å². The summed E-state index contributed by atoms with van der Waals surface area (Å²) in [7, 11) is 0. The summed E-state index contributed by atoms with van der Waals surface area (Å²) in [6.45, 7) is 6.22. The van der Waals surface area contributed by atoms with E-state index in [-0.39, 0.29) is 23.9 Å². The molecule has 0 bridgehead atoms. The predicted octanol–water partition coefficient (Wildman–Crippen LogP) is 6.15. The monoisotopic (exact) mass is 526 g/mol. The Hall–Kier alpha value is -2.71. The number of aromatic nitrogens is 3. The molecule has 3 aromatic rings. The summed E-state index contributed by atoms with van der Waals surface area (Å²) < 4.78 is 1.99. The number of carboxylic acid groups (broad SMARTS) is 1. The van der Waals surface area contributed by atoms with Crippen LogP contribution in [0.4, 0.5) is 0 Å². The zero-order valence-corrected chi connectivity index (χ0v) is 22.3. The number of carbonyl (C=O) groups excluding carboxylic acids is 1. The van der Waals surface area contributed by atoms with E-state index in [4.69, 9.17) is 21.7 Å². The van der Waals surface area contributed by atoms with E-state index >= 15 is 0 Å². The second-order valence-electron chi connectivity index (χ2n) is 10.3. The Morgan fingerprint density at radius 3 is 2.58 bits per heavy atom. The molecule has 7 nitrogen and oxygen atoms in total. The zero-order valence-electron chi connectivity index (χ0n) is 20.8. The molecule has 2 aliphatic rings. The van der Waals surface area contributed by atoms with Crippen molar-refractivity contribution in [3.63, 3.8) is 0 Å². The van der Waals surface area contributed by atoms with Crippen molar-refractivity contribution in [1.82, 2.24) is 20.1 Å². The first-order valence-corrected chi connectivity index (χ1v) is 13.8. The fourth-order valence-electron chi connectivity index (χ4n) is 5.03. The van der Waals surface area contributed by atoms with Gasteiger partial charge in [0.2, 0.25) is 0 Å². The van der Waals surface area contributed by atoms with Gasteiger partial charge in [-0.05, 0) is 57.6 Å². The molecule has 2 aliphatic carbocycles. The van der Waals surface area contributed by atoms with Crippen LogP contribution < -0.4 is 5.32 Å². The van der Waals surface area contributed by atoms with Crippen molar-refractivity contribution in [2.24, 2.45) is 11.8 Å². The van der Waals surface area contributed by atoms with Crippen LogP contribution in [-0.4, -0.2) is 37.8 Å². The van der Waals surface area contributed by atoms with E-state index in [0.717, 1.165) is 39.4 Å². The molecule has 2 heterocycles. The number of thiazole rings is 1.